The first-order valence-electron chi connectivity index (χ1n) is 8.92. The lowest BCUT2D eigenvalue weighted by Gasteiger charge is -2.67. The molecule has 1 aromatic carbocycles. The Morgan fingerprint density at radius 2 is 1.81 bits per heavy atom. The second-order valence-corrected chi connectivity index (χ2v) is 8.38. The zero-order valence-electron chi connectivity index (χ0n) is 12.7. The summed E-state index contributed by atoms with van der Waals surface area (Å²) in [5.41, 5.74) is 4.59. The second-order valence-electron chi connectivity index (χ2n) is 8.38. The molecule has 1 N–H and O–H groups in total. The monoisotopic (exact) mass is 280 g/mol. The molecule has 3 saturated carbocycles. The Hall–Kier alpha value is -1.02. The van der Waals surface area contributed by atoms with E-state index < -0.39 is 0 Å². The van der Waals surface area contributed by atoms with Crippen LogP contribution in [0.15, 0.2) is 24.3 Å². The van der Waals surface area contributed by atoms with E-state index in [1.54, 1.807) is 5.56 Å². The van der Waals surface area contributed by atoms with Gasteiger partial charge in [-0.2, -0.15) is 0 Å². The molecule has 5 fully saturated rings. The first-order valence-corrected chi connectivity index (χ1v) is 8.92. The van der Waals surface area contributed by atoms with Crippen LogP contribution in [0.4, 0.5) is 5.69 Å². The fraction of sp³-hybridized carbons (Fsp3) is 0.684. The lowest BCUT2D eigenvalue weighted by atomic mass is 9.42. The summed E-state index contributed by atoms with van der Waals surface area (Å²) in [4.78, 5) is 2.89. The van der Waals surface area contributed by atoms with Crippen LogP contribution in [0.5, 0.6) is 0 Å². The third-order valence-corrected chi connectivity index (χ3v) is 8.06. The van der Waals surface area contributed by atoms with Gasteiger partial charge in [0.1, 0.15) is 0 Å². The third-order valence-electron chi connectivity index (χ3n) is 8.06. The quantitative estimate of drug-likeness (QED) is 0.782. The molecule has 7 rings (SSSR count). The van der Waals surface area contributed by atoms with Crippen LogP contribution >= 0.6 is 0 Å². The first-order chi connectivity index (χ1) is 10.3. The van der Waals surface area contributed by atoms with Crippen LogP contribution in [0, 0.1) is 5.41 Å². The van der Waals surface area contributed by atoms with Crippen LogP contribution in [0.1, 0.15) is 50.5 Å². The Labute approximate surface area is 126 Å². The number of fused-ring (bicyclic) bond motifs is 3. The number of anilines is 1. The molecule has 0 aromatic heterocycles. The summed E-state index contributed by atoms with van der Waals surface area (Å²) in [7, 11) is 0. The van der Waals surface area contributed by atoms with Gasteiger partial charge in [-0.25, -0.2) is 0 Å². The van der Waals surface area contributed by atoms with Crippen molar-refractivity contribution in [3.63, 3.8) is 0 Å². The average Bonchev–Trinajstić information content (AvgIpc) is 3.06. The predicted molar refractivity (Wildman–Crippen MR) is 84.6 cm³/mol. The van der Waals surface area contributed by atoms with E-state index in [-0.39, 0.29) is 0 Å². The molecule has 21 heavy (non-hydrogen) atoms. The minimum Gasteiger partial charge on any atom is -0.378 e. The highest BCUT2D eigenvalue weighted by Gasteiger charge is 2.74. The zero-order valence-corrected chi connectivity index (χ0v) is 12.7. The van der Waals surface area contributed by atoms with Gasteiger partial charge < -0.3 is 5.32 Å². The number of nitrogens with zero attached hydrogens (tertiary/aromatic N) is 1. The Bertz CT molecular complexity index is 628. The number of benzene rings is 1. The molecule has 3 aliphatic carbocycles. The minimum atomic E-state index is 0.384. The Kier molecular flexibility index (Phi) is 1.82. The van der Waals surface area contributed by atoms with Crippen LogP contribution in [0.3, 0.4) is 0 Å². The molecule has 0 radical (unpaired) electrons. The maximum atomic E-state index is 4.06. The van der Waals surface area contributed by atoms with Crippen LogP contribution in [-0.2, 0) is 5.41 Å². The summed E-state index contributed by atoms with van der Waals surface area (Å²) >= 11 is 0. The molecule has 1 aromatic rings. The van der Waals surface area contributed by atoms with E-state index in [2.05, 4.69) is 34.5 Å². The van der Waals surface area contributed by atoms with E-state index in [9.17, 15) is 0 Å². The number of hydrogen-bond acceptors (Lipinski definition) is 2. The van der Waals surface area contributed by atoms with Gasteiger partial charge in [0.25, 0.3) is 0 Å². The Morgan fingerprint density at radius 1 is 0.952 bits per heavy atom. The van der Waals surface area contributed by atoms with Crippen LogP contribution in [0.2, 0.25) is 0 Å². The number of nitrogens with one attached hydrogen (secondary N) is 1. The third kappa shape index (κ3) is 1.03. The summed E-state index contributed by atoms with van der Waals surface area (Å²) < 4.78 is 0. The summed E-state index contributed by atoms with van der Waals surface area (Å²) in [6, 6.07) is 10.1. The van der Waals surface area contributed by atoms with Gasteiger partial charge >= 0.3 is 0 Å². The van der Waals surface area contributed by atoms with Crippen molar-refractivity contribution in [3.8, 4) is 0 Å². The van der Waals surface area contributed by atoms with Gasteiger partial charge in [0.15, 0.2) is 0 Å². The molecule has 2 bridgehead atoms. The van der Waals surface area contributed by atoms with E-state index in [4.69, 9.17) is 0 Å². The normalized spacial score (nSPS) is 49.4. The summed E-state index contributed by atoms with van der Waals surface area (Å²) in [6.45, 7) is 2.69. The zero-order chi connectivity index (χ0) is 13.7. The van der Waals surface area contributed by atoms with E-state index in [0.717, 1.165) is 6.04 Å². The standard InChI is InChI=1S/C19H24N2/c1-2-5-15-14(4-1)19-11-13-21-12-3-6-17(16(19)21)7-9-18(19,20-15)10-8-17/h1-2,4-5,16,20H,3,6-13H2/t16-,17?,18?,19+/m0/s1. The summed E-state index contributed by atoms with van der Waals surface area (Å²) in [6.07, 6.45) is 10.1. The van der Waals surface area contributed by atoms with Gasteiger partial charge in [0.05, 0.1) is 0 Å². The molecule has 3 spiro atoms. The van der Waals surface area contributed by atoms with E-state index in [1.165, 1.54) is 63.7 Å². The van der Waals surface area contributed by atoms with Gasteiger partial charge in [0.2, 0.25) is 0 Å². The lowest BCUT2D eigenvalue weighted by Crippen LogP contribution is -2.72. The number of piperidine rings is 1. The highest BCUT2D eigenvalue weighted by atomic mass is 15.3. The van der Waals surface area contributed by atoms with E-state index in [1.807, 2.05) is 0 Å². The molecular weight excluding hydrogens is 256 g/mol. The highest BCUT2D eigenvalue weighted by molar-refractivity contribution is 5.68. The van der Waals surface area contributed by atoms with Gasteiger partial charge in [-0.1, -0.05) is 18.2 Å². The van der Waals surface area contributed by atoms with E-state index in [0.29, 0.717) is 16.4 Å². The number of para-hydroxylation sites is 1. The molecule has 3 aliphatic heterocycles. The molecule has 2 atom stereocenters. The van der Waals surface area contributed by atoms with Gasteiger partial charge in [0, 0.05) is 22.7 Å². The van der Waals surface area contributed by atoms with E-state index >= 15 is 0 Å². The van der Waals surface area contributed by atoms with Crippen molar-refractivity contribution in [2.45, 2.75) is 61.9 Å². The first kappa shape index (κ1) is 11.5. The fourth-order valence-electron chi connectivity index (χ4n) is 7.48. The number of hydrogen-bond donors (Lipinski definition) is 1. The fourth-order valence-corrected chi connectivity index (χ4v) is 7.48. The second kappa shape index (κ2) is 3.32. The van der Waals surface area contributed by atoms with Gasteiger partial charge in [-0.15, -0.1) is 0 Å². The Balaban J connectivity index is 1.67. The molecule has 2 nitrogen and oxygen atoms in total. The van der Waals surface area contributed by atoms with Crippen molar-refractivity contribution in [2.75, 3.05) is 18.4 Å². The van der Waals surface area contributed by atoms with Crippen molar-refractivity contribution in [2.24, 2.45) is 5.41 Å². The topological polar surface area (TPSA) is 15.3 Å². The van der Waals surface area contributed by atoms with Crippen molar-refractivity contribution in [1.29, 1.82) is 0 Å². The highest BCUT2D eigenvalue weighted by Crippen LogP contribution is 2.72. The summed E-state index contributed by atoms with van der Waals surface area (Å²) in [5, 5.41) is 4.06. The SMILES string of the molecule is c1ccc2c(c1)NC13CCC4(CCCN5CC[C@]21[C@@H]54)CC3. The predicted octanol–water partition coefficient (Wildman–Crippen LogP) is 3.53. The number of rotatable bonds is 0. The molecule has 2 heteroatoms. The van der Waals surface area contributed by atoms with Gasteiger partial charge in [-0.3, -0.25) is 4.90 Å². The molecule has 2 saturated heterocycles. The van der Waals surface area contributed by atoms with Crippen molar-refractivity contribution in [1.82, 2.24) is 4.90 Å². The molecule has 6 aliphatic rings. The van der Waals surface area contributed by atoms with Crippen LogP contribution in [0.25, 0.3) is 0 Å². The Morgan fingerprint density at radius 3 is 2.71 bits per heavy atom. The van der Waals surface area contributed by atoms with Crippen LogP contribution < -0.4 is 5.32 Å². The lowest BCUT2D eigenvalue weighted by molar-refractivity contribution is -0.0987. The molecule has 0 unspecified atom stereocenters. The van der Waals surface area contributed by atoms with Crippen molar-refractivity contribution in [3.05, 3.63) is 29.8 Å². The van der Waals surface area contributed by atoms with Crippen LogP contribution in [-0.4, -0.2) is 29.6 Å². The maximum absolute atomic E-state index is 4.06. The van der Waals surface area contributed by atoms with Gasteiger partial charge in [-0.05, 0) is 75.1 Å². The smallest absolute Gasteiger partial charge is 0.0487 e. The summed E-state index contributed by atoms with van der Waals surface area (Å²) in [5.74, 6) is 0. The van der Waals surface area contributed by atoms with Crippen molar-refractivity contribution >= 4 is 5.69 Å². The largest absolute Gasteiger partial charge is 0.378 e. The maximum Gasteiger partial charge on any atom is 0.0487 e. The molecular formula is C19H24N2. The average molecular weight is 280 g/mol. The molecule has 3 heterocycles. The molecule has 0 amide bonds. The minimum absolute atomic E-state index is 0.384. The molecule has 110 valence electrons. The van der Waals surface area contributed by atoms with Crippen molar-refractivity contribution < 1.29 is 0 Å².